The highest BCUT2D eigenvalue weighted by Gasteiger charge is 2.27. The first-order valence-electron chi connectivity index (χ1n) is 6.00. The fourth-order valence-corrected chi connectivity index (χ4v) is 1.85. The van der Waals surface area contributed by atoms with E-state index in [1.807, 2.05) is 0 Å². The van der Waals surface area contributed by atoms with Crippen LogP contribution < -0.4 is 5.73 Å². The highest BCUT2D eigenvalue weighted by atomic mass is 16.6. The van der Waals surface area contributed by atoms with Crippen LogP contribution in [0.25, 0.3) is 0 Å². The number of nitrogens with one attached hydrogen (secondary N) is 1. The lowest BCUT2D eigenvalue weighted by molar-refractivity contribution is 0.0566. The summed E-state index contributed by atoms with van der Waals surface area (Å²) in [5.41, 5.74) is 5.64. The highest BCUT2D eigenvalue weighted by Crippen LogP contribution is 2.10. The Kier molecular flexibility index (Phi) is 3.83. The van der Waals surface area contributed by atoms with Crippen molar-refractivity contribution in [3.8, 4) is 0 Å². The van der Waals surface area contributed by atoms with Gasteiger partial charge in [-0.25, -0.2) is 4.79 Å². The number of aromatic nitrogens is 3. The number of carbonyl (C=O) groups is 2. The molecule has 0 atom stereocenters. The zero-order valence-electron chi connectivity index (χ0n) is 10.6. The van der Waals surface area contributed by atoms with Gasteiger partial charge < -0.3 is 20.3 Å². The summed E-state index contributed by atoms with van der Waals surface area (Å²) in [7, 11) is 0. The van der Waals surface area contributed by atoms with Crippen LogP contribution in [0, 0.1) is 0 Å². The summed E-state index contributed by atoms with van der Waals surface area (Å²) in [6, 6.07) is 0. The third-order valence-electron chi connectivity index (χ3n) is 2.87. The van der Waals surface area contributed by atoms with Crippen molar-refractivity contribution in [2.45, 2.75) is 6.92 Å². The van der Waals surface area contributed by atoms with Crippen molar-refractivity contribution >= 4 is 17.8 Å². The molecule has 0 aliphatic carbocycles. The SMILES string of the molecule is CCOC(=O)N1CCN(C(=O)c2n[nH]nc2N)CC1. The van der Waals surface area contributed by atoms with Crippen molar-refractivity contribution in [1.82, 2.24) is 25.2 Å². The molecule has 9 nitrogen and oxygen atoms in total. The van der Waals surface area contributed by atoms with Gasteiger partial charge in [-0.15, -0.1) is 10.2 Å². The molecule has 1 aliphatic rings. The Morgan fingerprint density at radius 1 is 1.26 bits per heavy atom. The Morgan fingerprint density at radius 3 is 2.42 bits per heavy atom. The van der Waals surface area contributed by atoms with E-state index in [-0.39, 0.29) is 23.5 Å². The highest BCUT2D eigenvalue weighted by molar-refractivity contribution is 5.96. The lowest BCUT2D eigenvalue weighted by atomic mass is 10.3. The van der Waals surface area contributed by atoms with Gasteiger partial charge in [0.15, 0.2) is 11.5 Å². The normalized spacial score (nSPS) is 15.4. The minimum Gasteiger partial charge on any atom is -0.450 e. The van der Waals surface area contributed by atoms with Gasteiger partial charge in [0, 0.05) is 26.2 Å². The van der Waals surface area contributed by atoms with E-state index >= 15 is 0 Å². The second-order valence-corrected chi connectivity index (χ2v) is 4.04. The van der Waals surface area contributed by atoms with Crippen molar-refractivity contribution < 1.29 is 14.3 Å². The quantitative estimate of drug-likeness (QED) is 0.732. The maximum atomic E-state index is 12.1. The minimum absolute atomic E-state index is 0.0813. The molecule has 9 heteroatoms. The average Bonchev–Trinajstić information content (AvgIpc) is 2.84. The molecule has 1 aromatic heterocycles. The second kappa shape index (κ2) is 5.55. The molecule has 0 saturated carbocycles. The van der Waals surface area contributed by atoms with Gasteiger partial charge in [0.1, 0.15) is 0 Å². The molecule has 0 aromatic carbocycles. The van der Waals surface area contributed by atoms with Crippen molar-refractivity contribution in [2.75, 3.05) is 38.5 Å². The van der Waals surface area contributed by atoms with E-state index < -0.39 is 0 Å². The van der Waals surface area contributed by atoms with Crippen LogP contribution in [-0.2, 0) is 4.74 Å². The second-order valence-electron chi connectivity index (χ2n) is 4.04. The number of rotatable bonds is 2. The van der Waals surface area contributed by atoms with Crippen LogP contribution in [0.4, 0.5) is 10.6 Å². The summed E-state index contributed by atoms with van der Waals surface area (Å²) in [6.07, 6.45) is -0.351. The average molecular weight is 268 g/mol. The van der Waals surface area contributed by atoms with Gasteiger partial charge in [-0.2, -0.15) is 5.21 Å². The largest absolute Gasteiger partial charge is 0.450 e. The van der Waals surface area contributed by atoms with Crippen molar-refractivity contribution in [3.05, 3.63) is 5.69 Å². The third kappa shape index (κ3) is 2.75. The number of hydrogen-bond donors (Lipinski definition) is 2. The monoisotopic (exact) mass is 268 g/mol. The Hall–Kier alpha value is -2.32. The molecular weight excluding hydrogens is 252 g/mol. The summed E-state index contributed by atoms with van der Waals surface area (Å²) in [5, 5.41) is 9.63. The molecular formula is C10H16N6O3. The predicted molar refractivity (Wildman–Crippen MR) is 65.3 cm³/mol. The van der Waals surface area contributed by atoms with E-state index in [4.69, 9.17) is 10.5 Å². The number of aromatic amines is 1. The van der Waals surface area contributed by atoms with Crippen LogP contribution in [0.5, 0.6) is 0 Å². The van der Waals surface area contributed by atoms with Gasteiger partial charge in [-0.1, -0.05) is 0 Å². The number of nitrogens with zero attached hydrogens (tertiary/aromatic N) is 4. The van der Waals surface area contributed by atoms with Crippen LogP contribution in [0.1, 0.15) is 17.4 Å². The van der Waals surface area contributed by atoms with Gasteiger partial charge in [0.25, 0.3) is 5.91 Å². The maximum Gasteiger partial charge on any atom is 0.409 e. The number of nitrogen functional groups attached to an aromatic ring is 1. The van der Waals surface area contributed by atoms with Crippen molar-refractivity contribution in [1.29, 1.82) is 0 Å². The van der Waals surface area contributed by atoms with Crippen molar-refractivity contribution in [3.63, 3.8) is 0 Å². The Labute approximate surface area is 109 Å². The molecule has 104 valence electrons. The summed E-state index contributed by atoms with van der Waals surface area (Å²) in [5.74, 6) is -0.201. The van der Waals surface area contributed by atoms with E-state index in [1.54, 1.807) is 16.7 Å². The standard InChI is InChI=1S/C10H16N6O3/c1-2-19-10(18)16-5-3-15(4-6-16)9(17)7-8(11)13-14-12-7/h2-6H2,1H3,(H3,11,12,13,14). The number of nitrogens with two attached hydrogens (primary N) is 1. The summed E-state index contributed by atoms with van der Waals surface area (Å²) in [4.78, 5) is 26.7. The van der Waals surface area contributed by atoms with Gasteiger partial charge in [-0.05, 0) is 6.92 Å². The van der Waals surface area contributed by atoms with Crippen LogP contribution >= 0.6 is 0 Å². The smallest absolute Gasteiger partial charge is 0.409 e. The molecule has 1 aliphatic heterocycles. The molecule has 1 saturated heterocycles. The maximum absolute atomic E-state index is 12.1. The molecule has 0 spiro atoms. The molecule has 0 bridgehead atoms. The molecule has 3 N–H and O–H groups in total. The molecule has 2 rings (SSSR count). The topological polar surface area (TPSA) is 117 Å². The van der Waals surface area contributed by atoms with Gasteiger partial charge in [0.2, 0.25) is 0 Å². The first kappa shape index (κ1) is 13.1. The molecule has 0 radical (unpaired) electrons. The van der Waals surface area contributed by atoms with Gasteiger partial charge >= 0.3 is 6.09 Å². The van der Waals surface area contributed by atoms with Crippen molar-refractivity contribution in [2.24, 2.45) is 0 Å². The summed E-state index contributed by atoms with van der Waals surface area (Å²) in [6.45, 7) is 3.80. The number of H-pyrrole nitrogens is 1. The summed E-state index contributed by atoms with van der Waals surface area (Å²) >= 11 is 0. The first-order valence-corrected chi connectivity index (χ1v) is 6.00. The third-order valence-corrected chi connectivity index (χ3v) is 2.87. The lowest BCUT2D eigenvalue weighted by Gasteiger charge is -2.33. The van der Waals surface area contributed by atoms with Crippen LogP contribution in [-0.4, -0.2) is 70.0 Å². The van der Waals surface area contributed by atoms with Gasteiger partial charge in [-0.3, -0.25) is 4.79 Å². The molecule has 0 unspecified atom stereocenters. The van der Waals surface area contributed by atoms with E-state index in [9.17, 15) is 9.59 Å². The molecule has 2 heterocycles. The fourth-order valence-electron chi connectivity index (χ4n) is 1.85. The number of anilines is 1. The first-order chi connectivity index (χ1) is 9.13. The van der Waals surface area contributed by atoms with E-state index in [0.29, 0.717) is 32.8 Å². The lowest BCUT2D eigenvalue weighted by Crippen LogP contribution is -2.50. The van der Waals surface area contributed by atoms with Crippen LogP contribution in [0.2, 0.25) is 0 Å². The Morgan fingerprint density at radius 2 is 1.89 bits per heavy atom. The molecule has 1 aromatic rings. The minimum atomic E-state index is -0.351. The zero-order chi connectivity index (χ0) is 13.8. The molecule has 1 fully saturated rings. The number of carbonyl (C=O) groups excluding carboxylic acids is 2. The number of piperazine rings is 1. The molecule has 2 amide bonds. The van der Waals surface area contributed by atoms with Gasteiger partial charge in [0.05, 0.1) is 6.61 Å². The van der Waals surface area contributed by atoms with Crippen LogP contribution in [0.15, 0.2) is 0 Å². The summed E-state index contributed by atoms with van der Waals surface area (Å²) < 4.78 is 4.90. The number of ether oxygens (including phenoxy) is 1. The predicted octanol–water partition coefficient (Wildman–Crippen LogP) is -0.699. The van der Waals surface area contributed by atoms with E-state index in [1.165, 1.54) is 0 Å². The number of amides is 2. The Balaban J connectivity index is 1.92. The van der Waals surface area contributed by atoms with E-state index in [2.05, 4.69) is 15.4 Å². The molecule has 19 heavy (non-hydrogen) atoms. The number of hydrogen-bond acceptors (Lipinski definition) is 6. The van der Waals surface area contributed by atoms with Crippen LogP contribution in [0.3, 0.4) is 0 Å². The fraction of sp³-hybridized carbons (Fsp3) is 0.600. The zero-order valence-corrected chi connectivity index (χ0v) is 10.6. The Bertz CT molecular complexity index is 466. The van der Waals surface area contributed by atoms with E-state index in [0.717, 1.165) is 0 Å².